The lowest BCUT2D eigenvalue weighted by molar-refractivity contribution is -0.136. The molecule has 2 atom stereocenters. The Hall–Kier alpha value is -2.92. The third-order valence-corrected chi connectivity index (χ3v) is 5.42. The third-order valence-electron chi connectivity index (χ3n) is 4.89. The smallest absolute Gasteiger partial charge is 0.328 e. The Labute approximate surface area is 189 Å². The molecule has 1 aliphatic rings. The van der Waals surface area contributed by atoms with Crippen molar-refractivity contribution in [2.45, 2.75) is 44.6 Å². The zero-order chi connectivity index (χ0) is 22.9. The summed E-state index contributed by atoms with van der Waals surface area (Å²) in [5.41, 5.74) is 6.84. The van der Waals surface area contributed by atoms with Crippen molar-refractivity contribution in [1.82, 2.24) is 9.97 Å². The van der Waals surface area contributed by atoms with Crippen LogP contribution in [0.3, 0.4) is 0 Å². The van der Waals surface area contributed by atoms with Gasteiger partial charge in [-0.25, -0.2) is 14.4 Å². The molecule has 11 heteroatoms. The normalized spacial score (nSPS) is 15.8. The molecule has 1 aromatic heterocycles. The number of benzene rings is 1. The average molecular weight is 465 g/mol. The van der Waals surface area contributed by atoms with Crippen molar-refractivity contribution in [2.75, 3.05) is 18.4 Å². The van der Waals surface area contributed by atoms with E-state index in [4.69, 9.17) is 14.7 Å². The molecule has 0 bridgehead atoms. The standard InChI is InChI=1S/C21H25FN4O5S/c1-13(27)30-32-31-20(28)17(4-2-7-24-21-25-8-3-9-26-21)18-11-15(22)10-14-5-6-16(12-23)29-19(14)18/h3,8-11,16-17H,2,4-7,12,23H2,1H3,(H,24,25,26). The first-order valence-corrected chi connectivity index (χ1v) is 10.9. The number of carbonyl (C=O) groups is 2. The summed E-state index contributed by atoms with van der Waals surface area (Å²) in [6, 6.07) is 4.41. The number of nitrogens with one attached hydrogen (secondary N) is 1. The quantitative estimate of drug-likeness (QED) is 0.400. The van der Waals surface area contributed by atoms with Gasteiger partial charge in [0.2, 0.25) is 5.95 Å². The van der Waals surface area contributed by atoms with E-state index in [-0.39, 0.29) is 18.4 Å². The lowest BCUT2D eigenvalue weighted by atomic mass is 9.89. The van der Waals surface area contributed by atoms with E-state index in [0.717, 1.165) is 0 Å². The van der Waals surface area contributed by atoms with E-state index in [9.17, 15) is 14.0 Å². The van der Waals surface area contributed by atoms with Gasteiger partial charge in [0.25, 0.3) is 12.3 Å². The molecule has 1 aromatic carbocycles. The molecule has 0 spiro atoms. The molecule has 0 fully saturated rings. The van der Waals surface area contributed by atoms with Crippen molar-refractivity contribution in [1.29, 1.82) is 0 Å². The number of carbonyl (C=O) groups excluding carboxylic acids is 2. The summed E-state index contributed by atoms with van der Waals surface area (Å²) in [6.07, 6.45) is 5.14. The number of anilines is 1. The fourth-order valence-electron chi connectivity index (χ4n) is 3.42. The van der Waals surface area contributed by atoms with Gasteiger partial charge in [-0.3, -0.25) is 9.59 Å². The molecule has 2 unspecified atom stereocenters. The summed E-state index contributed by atoms with van der Waals surface area (Å²) >= 11 is 0.286. The molecule has 0 saturated heterocycles. The highest BCUT2D eigenvalue weighted by molar-refractivity contribution is 7.90. The van der Waals surface area contributed by atoms with Crippen LogP contribution in [-0.2, 0) is 24.4 Å². The Bertz CT molecular complexity index is 934. The number of rotatable bonds is 10. The topological polar surface area (TPSA) is 126 Å². The second kappa shape index (κ2) is 11.6. The molecule has 3 N–H and O–H groups in total. The van der Waals surface area contributed by atoms with Crippen molar-refractivity contribution in [3.63, 3.8) is 0 Å². The second-order valence-electron chi connectivity index (χ2n) is 7.24. The zero-order valence-corrected chi connectivity index (χ0v) is 18.4. The van der Waals surface area contributed by atoms with Crippen molar-refractivity contribution in [3.8, 4) is 5.75 Å². The van der Waals surface area contributed by atoms with Crippen molar-refractivity contribution in [2.24, 2.45) is 5.73 Å². The molecule has 0 aliphatic carbocycles. The van der Waals surface area contributed by atoms with Gasteiger partial charge in [-0.2, -0.15) is 0 Å². The molecule has 3 rings (SSSR count). The number of aromatic nitrogens is 2. The Morgan fingerprint density at radius 1 is 1.34 bits per heavy atom. The molecule has 172 valence electrons. The van der Waals surface area contributed by atoms with Crippen LogP contribution < -0.4 is 15.8 Å². The number of hydrogen-bond donors (Lipinski definition) is 2. The highest BCUT2D eigenvalue weighted by atomic mass is 32.2. The van der Waals surface area contributed by atoms with Crippen LogP contribution in [0.15, 0.2) is 30.6 Å². The number of fused-ring (bicyclic) bond motifs is 1. The SMILES string of the molecule is CC(=O)OSOC(=O)C(CCCNc1ncccn1)c1cc(F)cc2c1OC(CN)CC2. The van der Waals surface area contributed by atoms with Gasteiger partial charge in [-0.1, -0.05) is 0 Å². The number of nitrogens with zero attached hydrogens (tertiary/aromatic N) is 2. The van der Waals surface area contributed by atoms with Crippen LogP contribution in [0.5, 0.6) is 5.75 Å². The minimum absolute atomic E-state index is 0.212. The van der Waals surface area contributed by atoms with Crippen LogP contribution >= 0.6 is 12.3 Å². The number of ether oxygens (including phenoxy) is 1. The maximum Gasteiger partial charge on any atom is 0.328 e. The first-order valence-electron chi connectivity index (χ1n) is 10.2. The predicted octanol–water partition coefficient (Wildman–Crippen LogP) is 2.91. The van der Waals surface area contributed by atoms with E-state index in [1.165, 1.54) is 19.1 Å². The first kappa shape index (κ1) is 23.7. The molecule has 0 saturated carbocycles. The van der Waals surface area contributed by atoms with Gasteiger partial charge in [0.1, 0.15) is 17.7 Å². The molecule has 0 radical (unpaired) electrons. The fraction of sp³-hybridized carbons (Fsp3) is 0.429. The number of aryl methyl sites for hydroxylation is 1. The molecular weight excluding hydrogens is 439 g/mol. The maximum absolute atomic E-state index is 14.4. The van der Waals surface area contributed by atoms with E-state index in [0.29, 0.717) is 61.6 Å². The Morgan fingerprint density at radius 3 is 2.84 bits per heavy atom. The van der Waals surface area contributed by atoms with Crippen LogP contribution in [-0.4, -0.2) is 41.1 Å². The van der Waals surface area contributed by atoms with Crippen LogP contribution in [0.2, 0.25) is 0 Å². The van der Waals surface area contributed by atoms with Gasteiger partial charge < -0.3 is 24.2 Å². The van der Waals surface area contributed by atoms with Crippen molar-refractivity contribution in [3.05, 3.63) is 47.5 Å². The van der Waals surface area contributed by atoms with Crippen LogP contribution in [0.25, 0.3) is 0 Å². The molecule has 9 nitrogen and oxygen atoms in total. The number of halogens is 1. The van der Waals surface area contributed by atoms with E-state index >= 15 is 0 Å². The first-order chi connectivity index (χ1) is 15.5. The largest absolute Gasteiger partial charge is 0.488 e. The van der Waals surface area contributed by atoms with Crippen LogP contribution in [0.4, 0.5) is 10.3 Å². The molecule has 2 heterocycles. The highest BCUT2D eigenvalue weighted by Gasteiger charge is 2.31. The van der Waals surface area contributed by atoms with Crippen molar-refractivity contribution < 1.29 is 27.1 Å². The van der Waals surface area contributed by atoms with Gasteiger partial charge in [0.15, 0.2) is 0 Å². The van der Waals surface area contributed by atoms with E-state index in [1.807, 2.05) is 0 Å². The van der Waals surface area contributed by atoms with E-state index < -0.39 is 23.7 Å². The summed E-state index contributed by atoms with van der Waals surface area (Å²) < 4.78 is 30.1. The summed E-state index contributed by atoms with van der Waals surface area (Å²) in [5.74, 6) is -1.64. The van der Waals surface area contributed by atoms with Gasteiger partial charge in [-0.15, -0.1) is 0 Å². The molecule has 2 aromatic rings. The van der Waals surface area contributed by atoms with Gasteiger partial charge in [-0.05, 0) is 49.4 Å². The number of nitrogens with two attached hydrogens (primary N) is 1. The van der Waals surface area contributed by atoms with Crippen LogP contribution in [0.1, 0.15) is 43.2 Å². The molecule has 32 heavy (non-hydrogen) atoms. The van der Waals surface area contributed by atoms with Gasteiger partial charge in [0.05, 0.1) is 5.92 Å². The van der Waals surface area contributed by atoms with Gasteiger partial charge in [0, 0.05) is 38.0 Å². The summed E-state index contributed by atoms with van der Waals surface area (Å²) in [4.78, 5) is 32.0. The zero-order valence-electron chi connectivity index (χ0n) is 17.6. The minimum Gasteiger partial charge on any atom is -0.488 e. The molecule has 0 amide bonds. The Kier molecular flexibility index (Phi) is 8.63. The average Bonchev–Trinajstić information content (AvgIpc) is 2.78. The Morgan fingerprint density at radius 2 is 2.12 bits per heavy atom. The fourth-order valence-corrected chi connectivity index (χ4v) is 3.74. The van der Waals surface area contributed by atoms with Crippen LogP contribution in [0, 0.1) is 5.82 Å². The third kappa shape index (κ3) is 6.54. The van der Waals surface area contributed by atoms with Gasteiger partial charge >= 0.3 is 11.9 Å². The van der Waals surface area contributed by atoms with Crippen molar-refractivity contribution >= 4 is 30.2 Å². The highest BCUT2D eigenvalue weighted by Crippen LogP contribution is 2.39. The maximum atomic E-state index is 14.4. The second-order valence-corrected chi connectivity index (χ2v) is 7.71. The lowest BCUT2D eigenvalue weighted by Gasteiger charge is -2.29. The summed E-state index contributed by atoms with van der Waals surface area (Å²) in [7, 11) is 0. The summed E-state index contributed by atoms with van der Waals surface area (Å²) in [5, 5.41) is 3.07. The van der Waals surface area contributed by atoms with E-state index in [2.05, 4.69) is 19.5 Å². The number of hydrogen-bond acceptors (Lipinski definition) is 10. The Balaban J connectivity index is 1.77. The predicted molar refractivity (Wildman–Crippen MR) is 116 cm³/mol. The molecular formula is C21H25FN4O5S. The summed E-state index contributed by atoms with van der Waals surface area (Å²) in [6.45, 7) is 1.99. The monoisotopic (exact) mass is 464 g/mol. The molecule has 1 aliphatic heterocycles. The lowest BCUT2D eigenvalue weighted by Crippen LogP contribution is -2.31. The minimum atomic E-state index is -0.836. The van der Waals surface area contributed by atoms with E-state index in [1.54, 1.807) is 18.5 Å².